The fourth-order valence-corrected chi connectivity index (χ4v) is 4.26. The van der Waals surface area contributed by atoms with Crippen molar-refractivity contribution in [2.24, 2.45) is 0 Å². The summed E-state index contributed by atoms with van der Waals surface area (Å²) in [6, 6.07) is 19.4. The van der Waals surface area contributed by atoms with Gasteiger partial charge in [0.1, 0.15) is 17.3 Å². The Morgan fingerprint density at radius 3 is 2.47 bits per heavy atom. The van der Waals surface area contributed by atoms with E-state index < -0.39 is 10.0 Å². The van der Waals surface area contributed by atoms with E-state index in [2.05, 4.69) is 14.7 Å². The van der Waals surface area contributed by atoms with Crippen LogP contribution in [-0.4, -0.2) is 32.6 Å². The van der Waals surface area contributed by atoms with Gasteiger partial charge in [0.25, 0.3) is 10.0 Å². The molecule has 0 atom stereocenters. The van der Waals surface area contributed by atoms with Crippen LogP contribution in [0.15, 0.2) is 71.6 Å². The van der Waals surface area contributed by atoms with Gasteiger partial charge in [-0.3, -0.25) is 4.72 Å². The molecule has 0 radical (unpaired) electrons. The second kappa shape index (κ2) is 8.08. The molecule has 0 saturated heterocycles. The number of methoxy groups -OCH3 is 2. The molecule has 4 aromatic rings. The maximum Gasteiger partial charge on any atom is 0.262 e. The first-order valence-corrected chi connectivity index (χ1v) is 10.7. The lowest BCUT2D eigenvalue weighted by Crippen LogP contribution is -2.13. The number of hydrogen-bond donors (Lipinski definition) is 2. The van der Waals surface area contributed by atoms with Crippen molar-refractivity contribution in [1.29, 1.82) is 0 Å². The number of H-pyrrole nitrogens is 1. The van der Waals surface area contributed by atoms with Crippen LogP contribution >= 0.6 is 0 Å². The van der Waals surface area contributed by atoms with Gasteiger partial charge in [0, 0.05) is 6.42 Å². The molecule has 4 rings (SSSR count). The van der Waals surface area contributed by atoms with Crippen LogP contribution < -0.4 is 14.2 Å². The van der Waals surface area contributed by atoms with Gasteiger partial charge in [-0.1, -0.05) is 24.3 Å². The van der Waals surface area contributed by atoms with E-state index >= 15 is 0 Å². The van der Waals surface area contributed by atoms with Crippen molar-refractivity contribution in [3.05, 3.63) is 78.1 Å². The van der Waals surface area contributed by atoms with Crippen molar-refractivity contribution in [3.8, 4) is 11.5 Å². The Balaban J connectivity index is 1.59. The van der Waals surface area contributed by atoms with Crippen molar-refractivity contribution in [3.63, 3.8) is 0 Å². The van der Waals surface area contributed by atoms with Gasteiger partial charge in [-0.25, -0.2) is 13.4 Å². The molecule has 0 spiro atoms. The molecule has 0 bridgehead atoms. The molecule has 154 valence electrons. The minimum Gasteiger partial charge on any atom is -0.497 e. The highest BCUT2D eigenvalue weighted by molar-refractivity contribution is 7.92. The monoisotopic (exact) mass is 423 g/mol. The predicted octanol–water partition coefficient (Wildman–Crippen LogP) is 3.97. The average molecular weight is 423 g/mol. The van der Waals surface area contributed by atoms with E-state index in [9.17, 15) is 8.42 Å². The van der Waals surface area contributed by atoms with Gasteiger partial charge in [-0.2, -0.15) is 0 Å². The summed E-state index contributed by atoms with van der Waals surface area (Å²) in [5, 5.41) is 0. The first kappa shape index (κ1) is 19.8. The van der Waals surface area contributed by atoms with Gasteiger partial charge in [0.2, 0.25) is 0 Å². The van der Waals surface area contributed by atoms with Crippen LogP contribution in [-0.2, 0) is 16.4 Å². The topological polar surface area (TPSA) is 93.3 Å². The van der Waals surface area contributed by atoms with E-state index in [1.807, 2.05) is 24.3 Å². The van der Waals surface area contributed by atoms with Gasteiger partial charge >= 0.3 is 0 Å². The first-order chi connectivity index (χ1) is 14.5. The summed E-state index contributed by atoms with van der Waals surface area (Å²) >= 11 is 0. The largest absolute Gasteiger partial charge is 0.497 e. The van der Waals surface area contributed by atoms with Gasteiger partial charge in [-0.05, 0) is 48.0 Å². The lowest BCUT2D eigenvalue weighted by molar-refractivity contribution is 0.414. The van der Waals surface area contributed by atoms with E-state index in [-0.39, 0.29) is 4.90 Å². The van der Waals surface area contributed by atoms with Crippen LogP contribution in [0.2, 0.25) is 0 Å². The minimum absolute atomic E-state index is 0.139. The quantitative estimate of drug-likeness (QED) is 0.469. The SMILES string of the molecule is COc1ccc(Cc2nc3ccc(S(=O)(=O)Nc4ccccc4OC)cc3[nH]2)cc1. The number of nitrogens with zero attached hydrogens (tertiary/aromatic N) is 1. The van der Waals surface area contributed by atoms with Crippen LogP contribution in [0.5, 0.6) is 11.5 Å². The Morgan fingerprint density at radius 1 is 0.967 bits per heavy atom. The molecule has 0 aliphatic carbocycles. The number of nitrogens with one attached hydrogen (secondary N) is 2. The summed E-state index contributed by atoms with van der Waals surface area (Å²) in [5.74, 6) is 1.99. The zero-order valence-electron chi connectivity index (χ0n) is 16.5. The second-order valence-electron chi connectivity index (χ2n) is 6.69. The summed E-state index contributed by atoms with van der Waals surface area (Å²) in [5.41, 5.74) is 2.81. The number of aromatic amines is 1. The molecule has 1 aromatic heterocycles. The van der Waals surface area contributed by atoms with Gasteiger partial charge < -0.3 is 14.5 Å². The molecular weight excluding hydrogens is 402 g/mol. The molecule has 0 fully saturated rings. The van der Waals surface area contributed by atoms with Crippen molar-refractivity contribution in [2.45, 2.75) is 11.3 Å². The normalized spacial score (nSPS) is 11.4. The van der Waals surface area contributed by atoms with Crippen molar-refractivity contribution < 1.29 is 17.9 Å². The standard InChI is InChI=1S/C22H21N3O4S/c1-28-16-9-7-15(8-10-16)13-22-23-18-12-11-17(14-20(18)24-22)30(26,27)25-19-5-3-4-6-21(19)29-2/h3-12,14,25H,13H2,1-2H3,(H,23,24). The van der Waals surface area contributed by atoms with Gasteiger partial charge in [0.15, 0.2) is 0 Å². The number of fused-ring (bicyclic) bond motifs is 1. The number of imidazole rings is 1. The zero-order chi connectivity index (χ0) is 21.1. The van der Waals surface area contributed by atoms with Crippen LogP contribution in [0.4, 0.5) is 5.69 Å². The minimum atomic E-state index is -3.79. The predicted molar refractivity (Wildman–Crippen MR) is 116 cm³/mol. The number of hydrogen-bond acceptors (Lipinski definition) is 5. The molecule has 7 nitrogen and oxygen atoms in total. The number of para-hydroxylation sites is 2. The molecule has 0 amide bonds. The van der Waals surface area contributed by atoms with Crippen LogP contribution in [0.1, 0.15) is 11.4 Å². The number of anilines is 1. The molecule has 0 unspecified atom stereocenters. The van der Waals surface area contributed by atoms with Crippen molar-refractivity contribution in [1.82, 2.24) is 9.97 Å². The Bertz CT molecular complexity index is 1280. The van der Waals surface area contributed by atoms with E-state index in [1.165, 1.54) is 13.2 Å². The molecule has 30 heavy (non-hydrogen) atoms. The van der Waals surface area contributed by atoms with Crippen LogP contribution in [0.3, 0.4) is 0 Å². The van der Waals surface area contributed by atoms with Crippen molar-refractivity contribution in [2.75, 3.05) is 18.9 Å². The summed E-state index contributed by atoms with van der Waals surface area (Å²) in [7, 11) is -0.665. The first-order valence-electron chi connectivity index (χ1n) is 9.26. The summed E-state index contributed by atoms with van der Waals surface area (Å²) in [6.45, 7) is 0. The molecule has 0 aliphatic heterocycles. The lowest BCUT2D eigenvalue weighted by Gasteiger charge is -2.11. The summed E-state index contributed by atoms with van der Waals surface area (Å²) < 4.78 is 38.7. The maximum absolute atomic E-state index is 12.9. The number of ether oxygens (including phenoxy) is 2. The van der Waals surface area contributed by atoms with Gasteiger partial charge in [-0.15, -0.1) is 0 Å². The number of rotatable bonds is 7. The third-order valence-corrected chi connectivity index (χ3v) is 6.06. The van der Waals surface area contributed by atoms with E-state index in [0.717, 1.165) is 17.1 Å². The smallest absolute Gasteiger partial charge is 0.262 e. The van der Waals surface area contributed by atoms with Crippen molar-refractivity contribution >= 4 is 26.7 Å². The van der Waals surface area contributed by atoms with Crippen LogP contribution in [0, 0.1) is 0 Å². The Labute approximate surface area is 174 Å². The molecule has 2 N–H and O–H groups in total. The van der Waals surface area contributed by atoms with E-state index in [4.69, 9.17) is 9.47 Å². The summed E-state index contributed by atoms with van der Waals surface area (Å²) in [6.07, 6.45) is 0.597. The van der Waals surface area contributed by atoms with Crippen LogP contribution in [0.25, 0.3) is 11.0 Å². The fourth-order valence-electron chi connectivity index (χ4n) is 3.16. The lowest BCUT2D eigenvalue weighted by atomic mass is 10.1. The molecule has 0 saturated carbocycles. The third kappa shape index (κ3) is 4.08. The Morgan fingerprint density at radius 2 is 1.73 bits per heavy atom. The third-order valence-electron chi connectivity index (χ3n) is 4.69. The Hall–Kier alpha value is -3.52. The maximum atomic E-state index is 12.9. The molecule has 3 aromatic carbocycles. The number of aromatic nitrogens is 2. The average Bonchev–Trinajstić information content (AvgIpc) is 3.16. The highest BCUT2D eigenvalue weighted by atomic mass is 32.2. The second-order valence-corrected chi connectivity index (χ2v) is 8.38. The molecule has 0 aliphatic rings. The van der Waals surface area contributed by atoms with E-state index in [1.54, 1.807) is 43.5 Å². The number of sulfonamides is 1. The Kier molecular flexibility index (Phi) is 5.33. The number of benzene rings is 3. The molecule has 1 heterocycles. The zero-order valence-corrected chi connectivity index (χ0v) is 17.4. The molecular formula is C22H21N3O4S. The summed E-state index contributed by atoms with van der Waals surface area (Å²) in [4.78, 5) is 7.91. The molecule has 8 heteroatoms. The van der Waals surface area contributed by atoms with E-state index in [0.29, 0.717) is 28.9 Å². The highest BCUT2D eigenvalue weighted by Crippen LogP contribution is 2.27. The fraction of sp³-hybridized carbons (Fsp3) is 0.136. The highest BCUT2D eigenvalue weighted by Gasteiger charge is 2.18. The van der Waals surface area contributed by atoms with Gasteiger partial charge in [0.05, 0.1) is 35.8 Å².